The Morgan fingerprint density at radius 2 is 1.60 bits per heavy atom. The molecule has 42 heavy (non-hydrogen) atoms. The van der Waals surface area contributed by atoms with E-state index in [4.69, 9.17) is 21.3 Å². The molecule has 0 saturated heterocycles. The summed E-state index contributed by atoms with van der Waals surface area (Å²) >= 11 is 6.90. The highest BCUT2D eigenvalue weighted by atomic mass is 35.5. The highest BCUT2D eigenvalue weighted by molar-refractivity contribution is 6.38. The molecule has 6 rings (SSSR count). The Morgan fingerprint density at radius 1 is 0.905 bits per heavy atom. The van der Waals surface area contributed by atoms with Crippen molar-refractivity contribution < 1.29 is 14.3 Å². The minimum absolute atomic E-state index is 0.0629. The summed E-state index contributed by atoms with van der Waals surface area (Å²) in [5.74, 6) is -0.234. The molecule has 3 aromatic carbocycles. The number of fused-ring (bicyclic) bond motifs is 2. The molecule has 0 radical (unpaired) electrons. The van der Waals surface area contributed by atoms with Crippen LogP contribution in [0.3, 0.4) is 0 Å². The number of nitrogens with one attached hydrogen (secondary N) is 1. The van der Waals surface area contributed by atoms with Crippen LogP contribution in [-0.2, 0) is 17.8 Å². The Bertz CT molecular complexity index is 1910. The van der Waals surface area contributed by atoms with Crippen molar-refractivity contribution in [2.75, 3.05) is 6.54 Å². The number of non-ortho nitro benzene ring substituents is 1. The molecule has 0 aliphatic heterocycles. The zero-order valence-electron chi connectivity index (χ0n) is 22.1. The van der Waals surface area contributed by atoms with E-state index in [1.54, 1.807) is 6.07 Å². The number of carbonyl (C=O) groups excluding carboxylic acids is 1. The van der Waals surface area contributed by atoms with Gasteiger partial charge in [-0.3, -0.25) is 14.9 Å². The lowest BCUT2D eigenvalue weighted by atomic mass is 10.1. The van der Waals surface area contributed by atoms with Gasteiger partial charge in [-0.05, 0) is 41.2 Å². The summed E-state index contributed by atoms with van der Waals surface area (Å²) < 4.78 is 6.24. The molecule has 0 aliphatic rings. The van der Waals surface area contributed by atoms with Crippen LogP contribution in [0.4, 0.5) is 5.69 Å². The monoisotopic (exact) mass is 582 g/mol. The third-order valence-electron chi connectivity index (χ3n) is 6.86. The lowest BCUT2D eigenvalue weighted by Gasteiger charge is -2.07. The number of nitrogens with zero attached hydrogens (tertiary/aromatic N) is 7. The predicted octanol–water partition coefficient (Wildman–Crippen LogP) is 5.40. The molecule has 3 heterocycles. The summed E-state index contributed by atoms with van der Waals surface area (Å²) in [6.07, 6.45) is 1.99. The SMILES string of the molecule is O=C(Cn1nc(-c2ccccc2)c2c(Cl)c(-c3ccccc3)nnc21)NCCCCc1ccc([N+](=O)[O-])c2nonc12. The highest BCUT2D eigenvalue weighted by Crippen LogP contribution is 2.37. The molecule has 0 fully saturated rings. The number of rotatable bonds is 10. The molecular formula is C29H23ClN8O4. The van der Waals surface area contributed by atoms with Crippen molar-refractivity contribution in [2.45, 2.75) is 25.8 Å². The van der Waals surface area contributed by atoms with E-state index in [0.717, 1.165) is 16.7 Å². The first-order valence-electron chi connectivity index (χ1n) is 13.2. The zero-order valence-corrected chi connectivity index (χ0v) is 22.9. The van der Waals surface area contributed by atoms with Gasteiger partial charge in [0.05, 0.1) is 15.3 Å². The van der Waals surface area contributed by atoms with Gasteiger partial charge in [-0.15, -0.1) is 10.2 Å². The van der Waals surface area contributed by atoms with Crippen LogP contribution in [0.25, 0.3) is 44.6 Å². The number of hydrogen-bond acceptors (Lipinski definition) is 9. The van der Waals surface area contributed by atoms with Crippen LogP contribution in [0.15, 0.2) is 77.4 Å². The number of carbonyl (C=O) groups is 1. The van der Waals surface area contributed by atoms with Gasteiger partial charge in [0.1, 0.15) is 23.4 Å². The average molecular weight is 583 g/mol. The molecule has 0 spiro atoms. The molecule has 0 atom stereocenters. The van der Waals surface area contributed by atoms with Crippen LogP contribution in [0.5, 0.6) is 0 Å². The molecule has 0 unspecified atom stereocenters. The summed E-state index contributed by atoms with van der Waals surface area (Å²) in [4.78, 5) is 23.6. The standard InChI is InChI=1S/C29H23ClN8O4/c30-24-23-25(18-9-3-1-4-10-18)34-37(29(23)33-32-26(24)19-11-5-2-6-12-19)17-22(39)31-16-8-7-13-20-14-15-21(38(40)41)28-27(20)35-42-36-28/h1-6,9-12,14-15H,7-8,13,16-17H2,(H,31,39). The molecule has 0 bridgehead atoms. The number of halogens is 1. The largest absolute Gasteiger partial charge is 0.354 e. The maximum atomic E-state index is 12.9. The molecule has 1 N–H and O–H groups in total. The van der Waals surface area contributed by atoms with Crippen molar-refractivity contribution in [2.24, 2.45) is 0 Å². The normalized spacial score (nSPS) is 11.3. The summed E-state index contributed by atoms with van der Waals surface area (Å²) in [5.41, 5.74) is 4.40. The fourth-order valence-corrected chi connectivity index (χ4v) is 5.14. The topological polar surface area (TPSA) is 155 Å². The number of nitro benzene ring substituents is 1. The van der Waals surface area contributed by atoms with Crippen LogP contribution >= 0.6 is 11.6 Å². The third kappa shape index (κ3) is 5.27. The number of aromatic nitrogens is 6. The lowest BCUT2D eigenvalue weighted by Crippen LogP contribution is -2.29. The van der Waals surface area contributed by atoms with Gasteiger partial charge in [0.15, 0.2) is 5.65 Å². The van der Waals surface area contributed by atoms with Gasteiger partial charge in [-0.2, -0.15) is 5.10 Å². The Kier molecular flexibility index (Phi) is 7.52. The molecule has 1 amide bonds. The molecule has 0 aliphatic carbocycles. The number of hydrogen-bond donors (Lipinski definition) is 1. The van der Waals surface area contributed by atoms with Crippen LogP contribution in [-0.4, -0.2) is 47.7 Å². The summed E-state index contributed by atoms with van der Waals surface area (Å²) in [5, 5.41) is 36.2. The second-order valence-corrected chi connectivity index (χ2v) is 9.95. The van der Waals surface area contributed by atoms with Crippen LogP contribution < -0.4 is 5.32 Å². The Hall–Kier alpha value is -5.23. The van der Waals surface area contributed by atoms with E-state index >= 15 is 0 Å². The van der Waals surface area contributed by atoms with E-state index in [9.17, 15) is 14.9 Å². The number of amides is 1. The Labute approximate surface area is 243 Å². The quantitative estimate of drug-likeness (QED) is 0.127. The van der Waals surface area contributed by atoms with Gasteiger partial charge in [0.2, 0.25) is 11.4 Å². The maximum Gasteiger partial charge on any atom is 0.300 e. The molecule has 13 heteroatoms. The minimum atomic E-state index is -0.515. The van der Waals surface area contributed by atoms with Gasteiger partial charge in [-0.1, -0.05) is 72.3 Å². The van der Waals surface area contributed by atoms with Gasteiger partial charge in [0, 0.05) is 23.7 Å². The molecule has 3 aromatic heterocycles. The molecule has 0 saturated carbocycles. The number of nitro groups is 1. The second kappa shape index (κ2) is 11.7. The molecular weight excluding hydrogens is 560 g/mol. The number of benzene rings is 3. The average Bonchev–Trinajstić information content (AvgIpc) is 3.64. The van der Waals surface area contributed by atoms with Crippen LogP contribution in [0, 0.1) is 10.1 Å². The molecule has 210 valence electrons. The number of unbranched alkanes of at least 4 members (excludes halogenated alkanes) is 1. The van der Waals surface area contributed by atoms with Crippen molar-refractivity contribution in [3.05, 3.63) is 93.5 Å². The van der Waals surface area contributed by atoms with Gasteiger partial charge < -0.3 is 5.32 Å². The lowest BCUT2D eigenvalue weighted by molar-refractivity contribution is -0.383. The maximum absolute atomic E-state index is 12.9. The van der Waals surface area contributed by atoms with Crippen molar-refractivity contribution >= 4 is 45.3 Å². The first kappa shape index (κ1) is 27.0. The van der Waals surface area contributed by atoms with E-state index in [0.29, 0.717) is 58.8 Å². The van der Waals surface area contributed by atoms with E-state index in [2.05, 4.69) is 25.8 Å². The van der Waals surface area contributed by atoms with Gasteiger partial charge >= 0.3 is 5.69 Å². The first-order chi connectivity index (χ1) is 20.5. The zero-order chi connectivity index (χ0) is 29.1. The first-order valence-corrected chi connectivity index (χ1v) is 13.6. The predicted molar refractivity (Wildman–Crippen MR) is 156 cm³/mol. The van der Waals surface area contributed by atoms with E-state index in [1.165, 1.54) is 10.7 Å². The van der Waals surface area contributed by atoms with Crippen LogP contribution in [0.1, 0.15) is 18.4 Å². The minimum Gasteiger partial charge on any atom is -0.354 e. The Morgan fingerprint density at radius 3 is 2.31 bits per heavy atom. The van der Waals surface area contributed by atoms with Crippen LogP contribution in [0.2, 0.25) is 5.02 Å². The summed E-state index contributed by atoms with van der Waals surface area (Å²) in [6.45, 7) is 0.369. The highest BCUT2D eigenvalue weighted by Gasteiger charge is 2.22. The fraction of sp³-hybridized carbons (Fsp3) is 0.172. The molecule has 6 aromatic rings. The second-order valence-electron chi connectivity index (χ2n) is 9.57. The van der Waals surface area contributed by atoms with Crippen molar-refractivity contribution in [3.63, 3.8) is 0 Å². The van der Waals surface area contributed by atoms with Gasteiger partial charge in [-0.25, -0.2) is 9.31 Å². The van der Waals surface area contributed by atoms with Crippen molar-refractivity contribution in [3.8, 4) is 22.5 Å². The fourth-order valence-electron chi connectivity index (χ4n) is 4.82. The van der Waals surface area contributed by atoms with Gasteiger partial charge in [0.25, 0.3) is 0 Å². The summed E-state index contributed by atoms with van der Waals surface area (Å²) in [7, 11) is 0. The Balaban J connectivity index is 1.15. The molecule has 12 nitrogen and oxygen atoms in total. The number of aryl methyl sites for hydroxylation is 1. The van der Waals surface area contributed by atoms with Crippen molar-refractivity contribution in [1.29, 1.82) is 0 Å². The summed E-state index contributed by atoms with van der Waals surface area (Å²) in [6, 6.07) is 22.2. The van der Waals surface area contributed by atoms with E-state index in [-0.39, 0.29) is 23.7 Å². The van der Waals surface area contributed by atoms with E-state index in [1.807, 2.05) is 60.7 Å². The third-order valence-corrected chi connectivity index (χ3v) is 7.22. The van der Waals surface area contributed by atoms with E-state index < -0.39 is 4.92 Å². The van der Waals surface area contributed by atoms with Crippen molar-refractivity contribution in [1.82, 2.24) is 35.6 Å². The smallest absolute Gasteiger partial charge is 0.300 e.